The molecule has 1 fully saturated rings. The molecular formula is C19H20N4O. The number of fused-ring (bicyclic) bond motifs is 1. The molecule has 1 N–H and O–H groups in total. The quantitative estimate of drug-likeness (QED) is 0.786. The number of nitrogens with zero attached hydrogens (tertiary/aromatic N) is 3. The minimum Gasteiger partial charge on any atom is -0.353 e. The van der Waals surface area contributed by atoms with Gasteiger partial charge in [0.2, 0.25) is 5.91 Å². The monoisotopic (exact) mass is 320 g/mol. The van der Waals surface area contributed by atoms with Crippen molar-refractivity contribution < 1.29 is 4.79 Å². The van der Waals surface area contributed by atoms with Gasteiger partial charge in [-0.25, -0.2) is 4.98 Å². The van der Waals surface area contributed by atoms with Crippen molar-refractivity contribution in [3.05, 3.63) is 48.4 Å². The molecule has 1 saturated carbocycles. The van der Waals surface area contributed by atoms with E-state index in [0.29, 0.717) is 19.0 Å². The van der Waals surface area contributed by atoms with Crippen LogP contribution in [0.1, 0.15) is 25.0 Å². The molecule has 0 radical (unpaired) electrons. The molecule has 3 aromatic rings. The maximum Gasteiger partial charge on any atom is 0.222 e. The van der Waals surface area contributed by atoms with Crippen molar-refractivity contribution in [2.24, 2.45) is 0 Å². The number of pyridine rings is 2. The summed E-state index contributed by atoms with van der Waals surface area (Å²) < 4.78 is 2.13. The number of aryl methyl sites for hydroxylation is 2. The Hall–Kier alpha value is -2.69. The summed E-state index contributed by atoms with van der Waals surface area (Å²) in [6, 6.07) is 10.5. The first-order valence-electron chi connectivity index (χ1n) is 8.38. The van der Waals surface area contributed by atoms with Crippen LogP contribution in [0.25, 0.3) is 22.3 Å². The van der Waals surface area contributed by atoms with Crippen LogP contribution in [0.3, 0.4) is 0 Å². The molecule has 3 heterocycles. The highest BCUT2D eigenvalue weighted by molar-refractivity contribution is 5.85. The van der Waals surface area contributed by atoms with Gasteiger partial charge < -0.3 is 9.88 Å². The lowest BCUT2D eigenvalue weighted by atomic mass is 10.1. The molecule has 5 nitrogen and oxygen atoms in total. The highest BCUT2D eigenvalue weighted by atomic mass is 16.1. The van der Waals surface area contributed by atoms with E-state index in [1.54, 1.807) is 12.4 Å². The summed E-state index contributed by atoms with van der Waals surface area (Å²) in [4.78, 5) is 21.0. The van der Waals surface area contributed by atoms with Crippen molar-refractivity contribution in [3.63, 3.8) is 0 Å². The fourth-order valence-corrected chi connectivity index (χ4v) is 3.03. The minimum atomic E-state index is 0.115. The fourth-order valence-electron chi connectivity index (χ4n) is 3.03. The molecule has 3 aromatic heterocycles. The molecule has 0 spiro atoms. The Morgan fingerprint density at radius 2 is 2.04 bits per heavy atom. The Labute approximate surface area is 140 Å². The number of rotatable bonds is 5. The SMILES string of the molecule is Cc1ncccc1-c1cc2cccnc2n1CCC(=O)NC1CC1. The van der Waals surface area contributed by atoms with Crippen LogP contribution in [0.5, 0.6) is 0 Å². The van der Waals surface area contributed by atoms with Gasteiger partial charge in [-0.3, -0.25) is 9.78 Å². The van der Waals surface area contributed by atoms with Crippen LogP contribution in [-0.2, 0) is 11.3 Å². The molecule has 1 aliphatic carbocycles. The minimum absolute atomic E-state index is 0.115. The molecule has 0 atom stereocenters. The standard InChI is InChI=1S/C19H20N4O/c1-13-16(5-3-9-20-13)17-12-14-4-2-10-21-19(14)23(17)11-8-18(24)22-15-6-7-15/h2-5,9-10,12,15H,6-8,11H2,1H3,(H,22,24). The van der Waals surface area contributed by atoms with Gasteiger partial charge in [-0.2, -0.15) is 0 Å². The third-order valence-corrected chi connectivity index (χ3v) is 4.44. The molecule has 1 aliphatic rings. The average Bonchev–Trinajstić information content (AvgIpc) is 3.32. The molecule has 1 amide bonds. The van der Waals surface area contributed by atoms with Gasteiger partial charge in [0.25, 0.3) is 0 Å². The maximum absolute atomic E-state index is 12.1. The van der Waals surface area contributed by atoms with Gasteiger partial charge in [-0.1, -0.05) is 0 Å². The molecule has 4 rings (SSSR count). The zero-order valence-corrected chi connectivity index (χ0v) is 13.7. The molecule has 0 saturated heterocycles. The molecule has 0 bridgehead atoms. The fraction of sp³-hybridized carbons (Fsp3) is 0.316. The second kappa shape index (κ2) is 6.07. The van der Waals surface area contributed by atoms with Crippen LogP contribution in [-0.4, -0.2) is 26.5 Å². The number of amides is 1. The molecule has 0 aliphatic heterocycles. The first-order chi connectivity index (χ1) is 11.7. The molecular weight excluding hydrogens is 300 g/mol. The van der Waals surface area contributed by atoms with Crippen LogP contribution in [0.15, 0.2) is 42.7 Å². The smallest absolute Gasteiger partial charge is 0.222 e. The van der Waals surface area contributed by atoms with Crippen LogP contribution in [0.4, 0.5) is 0 Å². The normalized spacial score (nSPS) is 14.0. The second-order valence-corrected chi connectivity index (χ2v) is 6.33. The lowest BCUT2D eigenvalue weighted by molar-refractivity contribution is -0.121. The van der Waals surface area contributed by atoms with Crippen molar-refractivity contribution in [2.75, 3.05) is 0 Å². The van der Waals surface area contributed by atoms with Gasteiger partial charge in [-0.05, 0) is 50.1 Å². The predicted octanol–water partition coefficient (Wildman–Crippen LogP) is 3.08. The highest BCUT2D eigenvalue weighted by Gasteiger charge is 2.23. The summed E-state index contributed by atoms with van der Waals surface area (Å²) in [7, 11) is 0. The average molecular weight is 320 g/mol. The zero-order chi connectivity index (χ0) is 16.5. The van der Waals surface area contributed by atoms with Gasteiger partial charge in [0.1, 0.15) is 5.65 Å². The third kappa shape index (κ3) is 2.89. The number of carbonyl (C=O) groups excluding carboxylic acids is 1. The third-order valence-electron chi connectivity index (χ3n) is 4.44. The highest BCUT2D eigenvalue weighted by Crippen LogP contribution is 2.29. The van der Waals surface area contributed by atoms with Crippen LogP contribution in [0.2, 0.25) is 0 Å². The van der Waals surface area contributed by atoms with Gasteiger partial charge in [0, 0.05) is 48.0 Å². The first kappa shape index (κ1) is 14.9. The van der Waals surface area contributed by atoms with Gasteiger partial charge in [-0.15, -0.1) is 0 Å². The van der Waals surface area contributed by atoms with Crippen LogP contribution >= 0.6 is 0 Å². The van der Waals surface area contributed by atoms with Crippen molar-refractivity contribution in [1.29, 1.82) is 0 Å². The van der Waals surface area contributed by atoms with Crippen LogP contribution < -0.4 is 5.32 Å². The van der Waals surface area contributed by atoms with E-state index in [2.05, 4.69) is 38.1 Å². The largest absolute Gasteiger partial charge is 0.353 e. The number of aromatic nitrogens is 3. The Morgan fingerprint density at radius 3 is 2.83 bits per heavy atom. The summed E-state index contributed by atoms with van der Waals surface area (Å²) in [5, 5.41) is 4.13. The van der Waals surface area contributed by atoms with E-state index in [1.165, 1.54) is 0 Å². The Bertz CT molecular complexity index is 895. The maximum atomic E-state index is 12.1. The molecule has 24 heavy (non-hydrogen) atoms. The topological polar surface area (TPSA) is 59.8 Å². The summed E-state index contributed by atoms with van der Waals surface area (Å²) in [5.74, 6) is 0.115. The summed E-state index contributed by atoms with van der Waals surface area (Å²) in [6.07, 6.45) is 6.28. The van der Waals surface area contributed by atoms with Crippen LogP contribution in [0, 0.1) is 6.92 Å². The van der Waals surface area contributed by atoms with Gasteiger partial charge in [0.05, 0.1) is 5.69 Å². The number of hydrogen-bond donors (Lipinski definition) is 1. The summed E-state index contributed by atoms with van der Waals surface area (Å²) in [6.45, 7) is 2.62. The summed E-state index contributed by atoms with van der Waals surface area (Å²) in [5.41, 5.74) is 4.03. The number of carbonyl (C=O) groups is 1. The van der Waals surface area contributed by atoms with Crippen molar-refractivity contribution in [1.82, 2.24) is 19.9 Å². The van der Waals surface area contributed by atoms with E-state index < -0.39 is 0 Å². The predicted molar refractivity (Wildman–Crippen MR) is 93.5 cm³/mol. The van der Waals surface area contributed by atoms with Crippen molar-refractivity contribution in [3.8, 4) is 11.3 Å². The zero-order valence-electron chi connectivity index (χ0n) is 13.7. The Kier molecular flexibility index (Phi) is 3.76. The van der Waals surface area contributed by atoms with Gasteiger partial charge in [0.15, 0.2) is 0 Å². The van der Waals surface area contributed by atoms with E-state index >= 15 is 0 Å². The van der Waals surface area contributed by atoms with E-state index in [1.807, 2.05) is 19.1 Å². The van der Waals surface area contributed by atoms with E-state index in [9.17, 15) is 4.79 Å². The number of hydrogen-bond acceptors (Lipinski definition) is 3. The molecule has 0 unspecified atom stereocenters. The van der Waals surface area contributed by atoms with Gasteiger partial charge >= 0.3 is 0 Å². The Morgan fingerprint density at radius 1 is 1.25 bits per heavy atom. The van der Waals surface area contributed by atoms with Crippen molar-refractivity contribution in [2.45, 2.75) is 38.8 Å². The van der Waals surface area contributed by atoms with E-state index in [-0.39, 0.29) is 5.91 Å². The van der Waals surface area contributed by atoms with Crippen molar-refractivity contribution >= 4 is 16.9 Å². The molecule has 5 heteroatoms. The molecule has 0 aromatic carbocycles. The first-order valence-corrected chi connectivity index (χ1v) is 8.38. The lowest BCUT2D eigenvalue weighted by Gasteiger charge is -2.12. The second-order valence-electron chi connectivity index (χ2n) is 6.33. The van der Waals surface area contributed by atoms with E-state index in [4.69, 9.17) is 0 Å². The van der Waals surface area contributed by atoms with E-state index in [0.717, 1.165) is 40.8 Å². The summed E-state index contributed by atoms with van der Waals surface area (Å²) >= 11 is 0. The number of nitrogens with one attached hydrogen (secondary N) is 1. The lowest BCUT2D eigenvalue weighted by Crippen LogP contribution is -2.26. The Balaban J connectivity index is 1.70. The molecule has 122 valence electrons.